The monoisotopic (exact) mass is 295 g/mol. The Labute approximate surface area is 126 Å². The number of nitrogens with zero attached hydrogens (tertiary/aromatic N) is 4. The molecule has 102 valence electrons. The highest BCUT2D eigenvalue weighted by molar-refractivity contribution is 6.32. The van der Waals surface area contributed by atoms with Gasteiger partial charge in [-0.05, 0) is 30.3 Å². The van der Waals surface area contributed by atoms with Crippen molar-refractivity contribution in [1.29, 1.82) is 5.26 Å². The number of hydrogen-bond donors (Lipinski definition) is 1. The van der Waals surface area contributed by atoms with E-state index in [1.165, 1.54) is 0 Å². The summed E-state index contributed by atoms with van der Waals surface area (Å²) in [6, 6.07) is 14.4. The van der Waals surface area contributed by atoms with Crippen LogP contribution in [0.25, 0.3) is 17.1 Å². The Balaban J connectivity index is 2.01. The van der Waals surface area contributed by atoms with Crippen LogP contribution in [0.4, 0.5) is 5.69 Å². The number of rotatable bonds is 2. The fourth-order valence-electron chi connectivity index (χ4n) is 1.95. The van der Waals surface area contributed by atoms with Gasteiger partial charge in [0.15, 0.2) is 5.82 Å². The van der Waals surface area contributed by atoms with Crippen LogP contribution < -0.4 is 5.73 Å². The van der Waals surface area contributed by atoms with Crippen LogP contribution in [0.15, 0.2) is 48.8 Å². The third kappa shape index (κ3) is 2.57. The van der Waals surface area contributed by atoms with Crippen molar-refractivity contribution in [2.75, 3.05) is 5.73 Å². The Morgan fingerprint density at radius 1 is 1.19 bits per heavy atom. The third-order valence-electron chi connectivity index (χ3n) is 2.96. The largest absolute Gasteiger partial charge is 0.399 e. The van der Waals surface area contributed by atoms with E-state index < -0.39 is 0 Å². The molecule has 0 amide bonds. The predicted molar refractivity (Wildman–Crippen MR) is 80.9 cm³/mol. The van der Waals surface area contributed by atoms with Gasteiger partial charge in [-0.15, -0.1) is 5.10 Å². The zero-order valence-electron chi connectivity index (χ0n) is 10.9. The van der Waals surface area contributed by atoms with E-state index in [-0.39, 0.29) is 0 Å². The highest BCUT2D eigenvalue weighted by atomic mass is 35.5. The van der Waals surface area contributed by atoms with Gasteiger partial charge in [0.25, 0.3) is 0 Å². The first-order valence-corrected chi connectivity index (χ1v) is 6.53. The van der Waals surface area contributed by atoms with Crippen molar-refractivity contribution < 1.29 is 0 Å². The van der Waals surface area contributed by atoms with Crippen molar-refractivity contribution in [3.63, 3.8) is 0 Å². The molecule has 3 aromatic rings. The summed E-state index contributed by atoms with van der Waals surface area (Å²) >= 11 is 6.16. The molecule has 0 radical (unpaired) electrons. The summed E-state index contributed by atoms with van der Waals surface area (Å²) < 4.78 is 1.57. The van der Waals surface area contributed by atoms with Gasteiger partial charge in [0, 0.05) is 11.3 Å². The predicted octanol–water partition coefficient (Wildman–Crippen LogP) is 3.04. The van der Waals surface area contributed by atoms with E-state index in [1.54, 1.807) is 41.3 Å². The van der Waals surface area contributed by atoms with E-state index >= 15 is 0 Å². The molecule has 0 spiro atoms. The topological polar surface area (TPSA) is 80.5 Å². The summed E-state index contributed by atoms with van der Waals surface area (Å²) in [5.41, 5.74) is 8.41. The first-order chi connectivity index (χ1) is 10.2. The van der Waals surface area contributed by atoms with E-state index in [2.05, 4.69) is 10.1 Å². The van der Waals surface area contributed by atoms with Crippen molar-refractivity contribution in [2.24, 2.45) is 0 Å². The second kappa shape index (κ2) is 5.27. The highest BCUT2D eigenvalue weighted by Gasteiger charge is 2.09. The van der Waals surface area contributed by atoms with E-state index in [1.807, 2.05) is 18.2 Å². The molecular weight excluding hydrogens is 286 g/mol. The smallest absolute Gasteiger partial charge is 0.181 e. The van der Waals surface area contributed by atoms with Crippen LogP contribution in [-0.4, -0.2) is 14.8 Å². The van der Waals surface area contributed by atoms with Crippen molar-refractivity contribution in [3.05, 3.63) is 59.4 Å². The summed E-state index contributed by atoms with van der Waals surface area (Å²) in [5, 5.41) is 13.7. The molecule has 0 fully saturated rings. The molecule has 6 heteroatoms. The van der Waals surface area contributed by atoms with E-state index in [0.29, 0.717) is 27.8 Å². The van der Waals surface area contributed by atoms with Gasteiger partial charge in [0.2, 0.25) is 0 Å². The standard InChI is InChI=1S/C15H10ClN5/c16-13-6-10(8-17)4-5-14(13)21-9-19-15(20-21)11-2-1-3-12(18)7-11/h1-7,9H,18H2. The number of halogens is 1. The Kier molecular flexibility index (Phi) is 3.30. The van der Waals surface area contributed by atoms with Crippen LogP contribution in [0.3, 0.4) is 0 Å². The molecule has 21 heavy (non-hydrogen) atoms. The van der Waals surface area contributed by atoms with Gasteiger partial charge in [-0.3, -0.25) is 0 Å². The molecule has 0 unspecified atom stereocenters. The molecule has 2 N–H and O–H groups in total. The number of hydrogen-bond acceptors (Lipinski definition) is 4. The lowest BCUT2D eigenvalue weighted by atomic mass is 10.2. The van der Waals surface area contributed by atoms with Gasteiger partial charge in [0.05, 0.1) is 22.3 Å². The van der Waals surface area contributed by atoms with Crippen LogP contribution in [0.1, 0.15) is 5.56 Å². The minimum atomic E-state index is 0.443. The van der Waals surface area contributed by atoms with E-state index in [4.69, 9.17) is 22.6 Å². The molecule has 0 saturated heterocycles. The Morgan fingerprint density at radius 2 is 2.05 bits per heavy atom. The quantitative estimate of drug-likeness (QED) is 0.737. The molecule has 0 aliphatic carbocycles. The van der Waals surface area contributed by atoms with E-state index in [9.17, 15) is 0 Å². The van der Waals surface area contributed by atoms with Gasteiger partial charge in [-0.25, -0.2) is 9.67 Å². The number of nitrogens with two attached hydrogens (primary N) is 1. The summed E-state index contributed by atoms with van der Waals surface area (Å²) in [5.74, 6) is 0.558. The maximum Gasteiger partial charge on any atom is 0.181 e. The molecule has 5 nitrogen and oxygen atoms in total. The SMILES string of the molecule is N#Cc1ccc(-n2cnc(-c3cccc(N)c3)n2)c(Cl)c1. The van der Waals surface area contributed by atoms with Gasteiger partial charge in [-0.2, -0.15) is 5.26 Å². The Morgan fingerprint density at radius 3 is 2.76 bits per heavy atom. The molecule has 2 aromatic carbocycles. The summed E-state index contributed by atoms with van der Waals surface area (Å²) in [6.07, 6.45) is 1.58. The second-order valence-electron chi connectivity index (χ2n) is 4.42. The van der Waals surface area contributed by atoms with Crippen LogP contribution in [0, 0.1) is 11.3 Å². The molecule has 0 aliphatic rings. The van der Waals surface area contributed by atoms with Gasteiger partial charge in [0.1, 0.15) is 6.33 Å². The first-order valence-electron chi connectivity index (χ1n) is 6.15. The molecular formula is C15H10ClN5. The average molecular weight is 296 g/mol. The van der Waals surface area contributed by atoms with Gasteiger partial charge >= 0.3 is 0 Å². The zero-order chi connectivity index (χ0) is 14.8. The van der Waals surface area contributed by atoms with Crippen LogP contribution >= 0.6 is 11.6 Å². The highest BCUT2D eigenvalue weighted by Crippen LogP contribution is 2.23. The number of aromatic nitrogens is 3. The van der Waals surface area contributed by atoms with Crippen molar-refractivity contribution in [1.82, 2.24) is 14.8 Å². The lowest BCUT2D eigenvalue weighted by Crippen LogP contribution is -1.96. The van der Waals surface area contributed by atoms with E-state index in [0.717, 1.165) is 5.56 Å². The van der Waals surface area contributed by atoms with Crippen LogP contribution in [0.5, 0.6) is 0 Å². The van der Waals surface area contributed by atoms with Crippen molar-refractivity contribution in [3.8, 4) is 23.1 Å². The molecule has 0 bridgehead atoms. The summed E-state index contributed by atoms with van der Waals surface area (Å²) in [4.78, 5) is 4.26. The number of benzene rings is 2. The second-order valence-corrected chi connectivity index (χ2v) is 4.82. The molecule has 1 heterocycles. The molecule has 3 rings (SSSR count). The normalized spacial score (nSPS) is 10.3. The molecule has 0 atom stereocenters. The fourth-order valence-corrected chi connectivity index (χ4v) is 2.22. The summed E-state index contributed by atoms with van der Waals surface area (Å²) in [6.45, 7) is 0. The Bertz CT molecular complexity index is 847. The Hall–Kier alpha value is -2.84. The molecule has 1 aromatic heterocycles. The minimum absolute atomic E-state index is 0.443. The summed E-state index contributed by atoms with van der Waals surface area (Å²) in [7, 11) is 0. The molecule has 0 aliphatic heterocycles. The average Bonchev–Trinajstić information content (AvgIpc) is 2.96. The number of nitrogen functional groups attached to an aromatic ring is 1. The third-order valence-corrected chi connectivity index (χ3v) is 3.26. The lowest BCUT2D eigenvalue weighted by molar-refractivity contribution is 0.882. The van der Waals surface area contributed by atoms with Crippen molar-refractivity contribution in [2.45, 2.75) is 0 Å². The lowest BCUT2D eigenvalue weighted by Gasteiger charge is -2.03. The van der Waals surface area contributed by atoms with Crippen molar-refractivity contribution >= 4 is 17.3 Å². The van der Waals surface area contributed by atoms with Gasteiger partial charge in [-0.1, -0.05) is 23.7 Å². The van der Waals surface area contributed by atoms with Crippen LogP contribution in [0.2, 0.25) is 5.02 Å². The van der Waals surface area contributed by atoms with Crippen LogP contribution in [-0.2, 0) is 0 Å². The van der Waals surface area contributed by atoms with Gasteiger partial charge < -0.3 is 5.73 Å². The first kappa shape index (κ1) is 13.2. The maximum atomic E-state index is 8.85. The zero-order valence-corrected chi connectivity index (χ0v) is 11.6. The maximum absolute atomic E-state index is 8.85. The number of anilines is 1. The number of nitriles is 1. The fraction of sp³-hybridized carbons (Fsp3) is 0. The molecule has 0 saturated carbocycles. The minimum Gasteiger partial charge on any atom is -0.399 e.